The van der Waals surface area contributed by atoms with Crippen LogP contribution in [0.1, 0.15) is 36.8 Å². The van der Waals surface area contributed by atoms with Gasteiger partial charge in [-0.25, -0.2) is 0 Å². The number of likely N-dealkylation sites (tertiary alicyclic amines) is 1. The molecule has 1 heterocycles. The Morgan fingerprint density at radius 3 is 1.83 bits per heavy atom. The molecule has 24 heavy (non-hydrogen) atoms. The van der Waals surface area contributed by atoms with E-state index in [1.165, 1.54) is 0 Å². The quantitative estimate of drug-likeness (QED) is 0.937. The fourth-order valence-electron chi connectivity index (χ4n) is 3.60. The number of amides is 1. The van der Waals surface area contributed by atoms with E-state index in [2.05, 4.69) is 6.92 Å². The number of carbonyl (C=O) groups excluding carboxylic acids is 1. The topological polar surface area (TPSA) is 46.3 Å². The van der Waals surface area contributed by atoms with Crippen molar-refractivity contribution in [2.24, 2.45) is 11.7 Å². The summed E-state index contributed by atoms with van der Waals surface area (Å²) >= 11 is 0. The summed E-state index contributed by atoms with van der Waals surface area (Å²) in [6.07, 6.45) is 2.00. The lowest BCUT2D eigenvalue weighted by Crippen LogP contribution is -2.44. The Morgan fingerprint density at radius 2 is 1.42 bits per heavy atom. The highest BCUT2D eigenvalue weighted by Crippen LogP contribution is 2.29. The Hall–Kier alpha value is -2.13. The molecule has 1 unspecified atom stereocenters. The summed E-state index contributed by atoms with van der Waals surface area (Å²) in [5.41, 5.74) is 8.14. The van der Waals surface area contributed by atoms with E-state index in [0.717, 1.165) is 37.1 Å². The average Bonchev–Trinajstić information content (AvgIpc) is 2.64. The molecule has 1 saturated heterocycles. The maximum Gasteiger partial charge on any atom is 0.234 e. The van der Waals surface area contributed by atoms with E-state index in [1.54, 1.807) is 0 Å². The van der Waals surface area contributed by atoms with Gasteiger partial charge in [-0.2, -0.15) is 0 Å². The zero-order chi connectivity index (χ0) is 16.9. The smallest absolute Gasteiger partial charge is 0.234 e. The van der Waals surface area contributed by atoms with Crippen LogP contribution in [0.2, 0.25) is 0 Å². The van der Waals surface area contributed by atoms with Crippen LogP contribution < -0.4 is 5.73 Å². The van der Waals surface area contributed by atoms with Crippen molar-refractivity contribution >= 4 is 5.91 Å². The lowest BCUT2D eigenvalue weighted by atomic mass is 9.87. The first kappa shape index (κ1) is 16.7. The molecule has 0 aliphatic carbocycles. The molecule has 1 atom stereocenters. The Kier molecular flexibility index (Phi) is 5.31. The minimum atomic E-state index is -0.223. The highest BCUT2D eigenvalue weighted by Gasteiger charge is 2.31. The Balaban J connectivity index is 1.83. The number of nitrogens with zero attached hydrogens (tertiary/aromatic N) is 1. The third-order valence-electron chi connectivity index (χ3n) is 5.11. The molecule has 1 aliphatic heterocycles. The van der Waals surface area contributed by atoms with Crippen LogP contribution in [-0.4, -0.2) is 29.9 Å². The van der Waals surface area contributed by atoms with Gasteiger partial charge in [0.25, 0.3) is 0 Å². The number of carbonyl (C=O) groups is 1. The Bertz CT molecular complexity index is 607. The molecule has 2 N–H and O–H groups in total. The van der Waals surface area contributed by atoms with Crippen LogP contribution in [0.15, 0.2) is 60.7 Å². The zero-order valence-corrected chi connectivity index (χ0v) is 14.3. The molecule has 2 aromatic rings. The van der Waals surface area contributed by atoms with Crippen molar-refractivity contribution in [2.75, 3.05) is 13.1 Å². The zero-order valence-electron chi connectivity index (χ0n) is 14.3. The molecule has 2 aromatic carbocycles. The van der Waals surface area contributed by atoms with E-state index in [9.17, 15) is 4.79 Å². The summed E-state index contributed by atoms with van der Waals surface area (Å²) in [6, 6.07) is 20.4. The van der Waals surface area contributed by atoms with Crippen molar-refractivity contribution < 1.29 is 4.79 Å². The van der Waals surface area contributed by atoms with Crippen molar-refractivity contribution in [3.63, 3.8) is 0 Å². The third-order valence-corrected chi connectivity index (χ3v) is 5.11. The number of benzene rings is 2. The van der Waals surface area contributed by atoms with Crippen LogP contribution in [0.5, 0.6) is 0 Å². The number of nitrogens with two attached hydrogens (primary N) is 1. The second-order valence-electron chi connectivity index (χ2n) is 6.78. The summed E-state index contributed by atoms with van der Waals surface area (Å²) in [4.78, 5) is 15.3. The minimum Gasteiger partial charge on any atom is -0.342 e. The largest absolute Gasteiger partial charge is 0.342 e. The monoisotopic (exact) mass is 322 g/mol. The van der Waals surface area contributed by atoms with Crippen LogP contribution in [0, 0.1) is 5.92 Å². The third kappa shape index (κ3) is 3.68. The fourth-order valence-corrected chi connectivity index (χ4v) is 3.60. The molecule has 0 bridgehead atoms. The number of hydrogen-bond acceptors (Lipinski definition) is 2. The molecule has 3 rings (SSSR count). The molecule has 0 saturated carbocycles. The number of hydrogen-bond donors (Lipinski definition) is 1. The van der Waals surface area contributed by atoms with Gasteiger partial charge in [0.05, 0.1) is 5.92 Å². The van der Waals surface area contributed by atoms with Crippen molar-refractivity contribution in [2.45, 2.75) is 31.7 Å². The second kappa shape index (κ2) is 7.63. The highest BCUT2D eigenvalue weighted by molar-refractivity contribution is 5.87. The average molecular weight is 322 g/mol. The Labute approximate surface area is 144 Å². The van der Waals surface area contributed by atoms with Crippen LogP contribution in [0.3, 0.4) is 0 Å². The van der Waals surface area contributed by atoms with Crippen LogP contribution in [-0.2, 0) is 4.79 Å². The van der Waals surface area contributed by atoms with Crippen molar-refractivity contribution in [1.82, 2.24) is 4.90 Å². The van der Waals surface area contributed by atoms with Gasteiger partial charge in [-0.3, -0.25) is 4.79 Å². The van der Waals surface area contributed by atoms with Gasteiger partial charge in [0, 0.05) is 19.1 Å². The molecule has 3 nitrogen and oxygen atoms in total. The van der Waals surface area contributed by atoms with Crippen molar-refractivity contribution in [1.29, 1.82) is 0 Å². The van der Waals surface area contributed by atoms with Gasteiger partial charge in [-0.15, -0.1) is 0 Å². The van der Waals surface area contributed by atoms with E-state index in [0.29, 0.717) is 5.92 Å². The van der Waals surface area contributed by atoms with E-state index >= 15 is 0 Å². The maximum atomic E-state index is 13.3. The fraction of sp³-hybridized carbons (Fsp3) is 0.381. The SMILES string of the molecule is CC(N)C1CCN(C(=O)C(c2ccccc2)c2ccccc2)CC1. The van der Waals surface area contributed by atoms with Gasteiger partial charge in [0.15, 0.2) is 0 Å². The number of rotatable bonds is 4. The van der Waals surface area contributed by atoms with Gasteiger partial charge in [0.2, 0.25) is 5.91 Å². The first-order chi connectivity index (χ1) is 11.7. The van der Waals surface area contributed by atoms with E-state index < -0.39 is 0 Å². The molecular weight excluding hydrogens is 296 g/mol. The van der Waals surface area contributed by atoms with Gasteiger partial charge in [-0.05, 0) is 36.8 Å². The molecule has 3 heteroatoms. The summed E-state index contributed by atoms with van der Waals surface area (Å²) < 4.78 is 0. The molecule has 1 fully saturated rings. The predicted molar refractivity (Wildman–Crippen MR) is 97.7 cm³/mol. The van der Waals surface area contributed by atoms with E-state index in [-0.39, 0.29) is 17.9 Å². The standard InChI is InChI=1S/C21H26N2O/c1-16(22)17-12-14-23(15-13-17)21(24)20(18-8-4-2-5-9-18)19-10-6-3-7-11-19/h2-11,16-17,20H,12-15,22H2,1H3. The van der Waals surface area contributed by atoms with Crippen LogP contribution in [0.4, 0.5) is 0 Å². The summed E-state index contributed by atoms with van der Waals surface area (Å²) in [5, 5.41) is 0. The minimum absolute atomic E-state index is 0.204. The molecule has 0 aromatic heterocycles. The van der Waals surface area contributed by atoms with Gasteiger partial charge < -0.3 is 10.6 Å². The van der Waals surface area contributed by atoms with Crippen LogP contribution in [0.25, 0.3) is 0 Å². The molecule has 126 valence electrons. The van der Waals surface area contributed by atoms with Crippen LogP contribution >= 0.6 is 0 Å². The summed E-state index contributed by atoms with van der Waals surface area (Å²) in [6.45, 7) is 3.68. The summed E-state index contributed by atoms with van der Waals surface area (Å²) in [5.74, 6) is 0.510. The summed E-state index contributed by atoms with van der Waals surface area (Å²) in [7, 11) is 0. The van der Waals surface area contributed by atoms with Gasteiger partial charge in [-0.1, -0.05) is 60.7 Å². The lowest BCUT2D eigenvalue weighted by molar-refractivity contribution is -0.133. The molecular formula is C21H26N2O. The first-order valence-electron chi connectivity index (χ1n) is 8.81. The second-order valence-corrected chi connectivity index (χ2v) is 6.78. The molecule has 0 spiro atoms. The lowest BCUT2D eigenvalue weighted by Gasteiger charge is -2.36. The van der Waals surface area contributed by atoms with Gasteiger partial charge in [0.1, 0.15) is 0 Å². The predicted octanol–water partition coefficient (Wildman–Crippen LogP) is 3.40. The molecule has 1 aliphatic rings. The highest BCUT2D eigenvalue weighted by atomic mass is 16.2. The number of piperidine rings is 1. The van der Waals surface area contributed by atoms with Crippen molar-refractivity contribution in [3.05, 3.63) is 71.8 Å². The van der Waals surface area contributed by atoms with Gasteiger partial charge >= 0.3 is 0 Å². The first-order valence-corrected chi connectivity index (χ1v) is 8.81. The Morgan fingerprint density at radius 1 is 0.958 bits per heavy atom. The maximum absolute atomic E-state index is 13.3. The molecule has 0 radical (unpaired) electrons. The van der Waals surface area contributed by atoms with E-state index in [4.69, 9.17) is 5.73 Å². The normalized spacial score (nSPS) is 17.0. The molecule has 1 amide bonds. The van der Waals surface area contributed by atoms with Crippen molar-refractivity contribution in [3.8, 4) is 0 Å². The van der Waals surface area contributed by atoms with E-state index in [1.807, 2.05) is 65.6 Å².